The number of esters is 1. The van der Waals surface area contributed by atoms with E-state index >= 15 is 0 Å². The van der Waals surface area contributed by atoms with Gasteiger partial charge in [-0.1, -0.05) is 6.07 Å². The van der Waals surface area contributed by atoms with Crippen LogP contribution in [0.15, 0.2) is 45.6 Å². The Balaban J connectivity index is 1.41. The molecule has 0 aliphatic carbocycles. The van der Waals surface area contributed by atoms with Crippen molar-refractivity contribution in [3.8, 4) is 0 Å². The van der Waals surface area contributed by atoms with E-state index in [1.807, 2.05) is 56.1 Å². The molecule has 0 bridgehead atoms. The topological polar surface area (TPSA) is 71.2 Å². The third kappa shape index (κ3) is 5.66. The Kier molecular flexibility index (Phi) is 7.12. The van der Waals surface area contributed by atoms with Crippen molar-refractivity contribution >= 4 is 46.3 Å². The van der Waals surface area contributed by atoms with Crippen LogP contribution < -0.4 is 10.6 Å². The molecule has 0 saturated carbocycles. The number of thioether (sulfide) groups is 1. The number of hydrogen-bond acceptors (Lipinski definition) is 7. The quantitative estimate of drug-likeness (QED) is 0.379. The molecular formula is C24H32N4O2S2. The minimum absolute atomic E-state index is 0.0876. The second kappa shape index (κ2) is 9.85. The Labute approximate surface area is 198 Å². The molecule has 1 fully saturated rings. The van der Waals surface area contributed by atoms with Crippen LogP contribution in [0.4, 0.5) is 11.4 Å². The molecule has 4 rings (SSSR count). The molecule has 3 heterocycles. The highest BCUT2D eigenvalue weighted by Gasteiger charge is 2.34. The summed E-state index contributed by atoms with van der Waals surface area (Å²) < 4.78 is 5.65. The standard InChI is InChI=1S/C24H32N4O2S2/c1-24(2,3)30-23(29)19-6-4-10-27(19)11-12-28-13-15-32-21-16-17(8-9-18(21)28)26-22(25)20-7-5-14-31-20/h5,7-9,14,16,19H,4,6,10-13,15H2,1-3H3,(H2,25,26)/t19-/m0/s1. The van der Waals surface area contributed by atoms with Gasteiger partial charge in [0, 0.05) is 30.3 Å². The zero-order valence-electron chi connectivity index (χ0n) is 19.0. The van der Waals surface area contributed by atoms with Gasteiger partial charge in [0.05, 0.1) is 16.3 Å². The van der Waals surface area contributed by atoms with Crippen LogP contribution in [0, 0.1) is 0 Å². The van der Waals surface area contributed by atoms with Crippen molar-refractivity contribution in [3.63, 3.8) is 0 Å². The van der Waals surface area contributed by atoms with Gasteiger partial charge in [-0.25, -0.2) is 4.99 Å². The third-order valence-corrected chi connectivity index (χ3v) is 7.54. The Morgan fingerprint density at radius 3 is 2.84 bits per heavy atom. The maximum absolute atomic E-state index is 12.6. The highest BCUT2D eigenvalue weighted by molar-refractivity contribution is 7.99. The number of hydrogen-bond donors (Lipinski definition) is 1. The first-order valence-corrected chi connectivity index (χ1v) is 13.0. The lowest BCUT2D eigenvalue weighted by Crippen LogP contribution is -2.44. The molecule has 2 aliphatic rings. The molecule has 0 unspecified atom stereocenters. The fourth-order valence-electron chi connectivity index (χ4n) is 4.17. The zero-order valence-corrected chi connectivity index (χ0v) is 20.7. The molecule has 2 aliphatic heterocycles. The summed E-state index contributed by atoms with van der Waals surface area (Å²) in [4.78, 5) is 24.2. The van der Waals surface area contributed by atoms with Gasteiger partial charge in [-0.05, 0) is 69.8 Å². The van der Waals surface area contributed by atoms with Crippen LogP contribution >= 0.6 is 23.1 Å². The van der Waals surface area contributed by atoms with Crippen molar-refractivity contribution in [1.82, 2.24) is 4.90 Å². The zero-order chi connectivity index (χ0) is 22.7. The molecule has 6 nitrogen and oxygen atoms in total. The first-order chi connectivity index (χ1) is 15.3. The van der Waals surface area contributed by atoms with E-state index in [1.54, 1.807) is 11.3 Å². The average molecular weight is 473 g/mol. The monoisotopic (exact) mass is 472 g/mol. The van der Waals surface area contributed by atoms with Crippen LogP contribution in [-0.2, 0) is 9.53 Å². The van der Waals surface area contributed by atoms with Crippen molar-refractivity contribution in [2.45, 2.75) is 50.2 Å². The molecule has 1 atom stereocenters. The fourth-order valence-corrected chi connectivity index (χ4v) is 5.87. The number of carbonyl (C=O) groups excluding carboxylic acids is 1. The molecule has 0 spiro atoms. The summed E-state index contributed by atoms with van der Waals surface area (Å²) in [7, 11) is 0. The van der Waals surface area contributed by atoms with Gasteiger partial charge in [-0.3, -0.25) is 9.69 Å². The molecular weight excluding hydrogens is 440 g/mol. The molecule has 172 valence electrons. The number of benzene rings is 1. The van der Waals surface area contributed by atoms with E-state index in [9.17, 15) is 4.79 Å². The lowest BCUT2D eigenvalue weighted by Gasteiger charge is -2.33. The normalized spacial score (nSPS) is 19.8. The maximum atomic E-state index is 12.6. The molecule has 32 heavy (non-hydrogen) atoms. The molecule has 1 aromatic heterocycles. The molecule has 0 amide bonds. The van der Waals surface area contributed by atoms with Gasteiger partial charge in [-0.2, -0.15) is 0 Å². The number of anilines is 1. The number of ether oxygens (including phenoxy) is 1. The number of aliphatic imine (C=N–C) groups is 1. The lowest BCUT2D eigenvalue weighted by molar-refractivity contribution is -0.160. The summed E-state index contributed by atoms with van der Waals surface area (Å²) in [5.41, 5.74) is 7.85. The average Bonchev–Trinajstić information content (AvgIpc) is 3.43. The number of likely N-dealkylation sites (tertiary alicyclic amines) is 1. The number of amidine groups is 1. The van der Waals surface area contributed by atoms with Crippen molar-refractivity contribution in [1.29, 1.82) is 0 Å². The minimum Gasteiger partial charge on any atom is -0.459 e. The van der Waals surface area contributed by atoms with Gasteiger partial charge >= 0.3 is 5.97 Å². The molecule has 8 heteroatoms. The van der Waals surface area contributed by atoms with Gasteiger partial charge in [0.15, 0.2) is 0 Å². The van der Waals surface area contributed by atoms with E-state index in [4.69, 9.17) is 10.5 Å². The molecule has 0 radical (unpaired) electrons. The van der Waals surface area contributed by atoms with Gasteiger partial charge in [-0.15, -0.1) is 23.1 Å². The Morgan fingerprint density at radius 2 is 2.09 bits per heavy atom. The van der Waals surface area contributed by atoms with Gasteiger partial charge in [0.2, 0.25) is 0 Å². The number of thiophene rings is 1. The van der Waals surface area contributed by atoms with E-state index in [1.165, 1.54) is 10.6 Å². The van der Waals surface area contributed by atoms with Gasteiger partial charge in [0.25, 0.3) is 0 Å². The van der Waals surface area contributed by atoms with E-state index in [2.05, 4.69) is 26.9 Å². The van der Waals surface area contributed by atoms with Crippen LogP contribution in [-0.4, -0.2) is 60.3 Å². The van der Waals surface area contributed by atoms with Crippen LogP contribution in [0.1, 0.15) is 38.5 Å². The molecule has 2 aromatic rings. The first-order valence-electron chi connectivity index (χ1n) is 11.2. The summed E-state index contributed by atoms with van der Waals surface area (Å²) in [5.74, 6) is 1.51. The second-order valence-corrected chi connectivity index (χ2v) is 11.3. The van der Waals surface area contributed by atoms with Crippen LogP contribution in [0.5, 0.6) is 0 Å². The number of nitrogens with zero attached hydrogens (tertiary/aromatic N) is 3. The number of nitrogens with two attached hydrogens (primary N) is 1. The Hall–Kier alpha value is -2.03. The summed E-state index contributed by atoms with van der Waals surface area (Å²) in [6, 6.07) is 10.2. The van der Waals surface area contributed by atoms with Crippen molar-refractivity contribution in [2.24, 2.45) is 10.7 Å². The van der Waals surface area contributed by atoms with Gasteiger partial charge in [0.1, 0.15) is 17.5 Å². The smallest absolute Gasteiger partial charge is 0.323 e. The van der Waals surface area contributed by atoms with Crippen molar-refractivity contribution < 1.29 is 9.53 Å². The SMILES string of the molecule is CC(C)(C)OC(=O)[C@@H]1CCCN1CCN1CCSc2cc(N=C(N)c3cccs3)ccc21. The minimum atomic E-state index is -0.443. The number of rotatable bonds is 6. The summed E-state index contributed by atoms with van der Waals surface area (Å²) in [5, 5.41) is 2.01. The Morgan fingerprint density at radius 1 is 1.25 bits per heavy atom. The van der Waals surface area contributed by atoms with Gasteiger partial charge < -0.3 is 15.4 Å². The van der Waals surface area contributed by atoms with E-state index in [0.717, 1.165) is 55.3 Å². The van der Waals surface area contributed by atoms with E-state index in [-0.39, 0.29) is 12.0 Å². The molecule has 1 aromatic carbocycles. The summed E-state index contributed by atoms with van der Waals surface area (Å²) in [6.45, 7) is 9.50. The van der Waals surface area contributed by atoms with E-state index < -0.39 is 5.60 Å². The predicted molar refractivity (Wildman–Crippen MR) is 135 cm³/mol. The van der Waals surface area contributed by atoms with Crippen LogP contribution in [0.2, 0.25) is 0 Å². The van der Waals surface area contributed by atoms with Crippen molar-refractivity contribution in [2.75, 3.05) is 36.8 Å². The molecule has 2 N–H and O–H groups in total. The number of fused-ring (bicyclic) bond motifs is 1. The highest BCUT2D eigenvalue weighted by atomic mass is 32.2. The largest absolute Gasteiger partial charge is 0.459 e. The fraction of sp³-hybridized carbons (Fsp3) is 0.500. The van der Waals surface area contributed by atoms with Crippen LogP contribution in [0.3, 0.4) is 0 Å². The second-order valence-electron chi connectivity index (χ2n) is 9.19. The molecule has 1 saturated heterocycles. The summed E-state index contributed by atoms with van der Waals surface area (Å²) in [6.07, 6.45) is 1.93. The lowest BCUT2D eigenvalue weighted by atomic mass is 10.1. The first kappa shape index (κ1) is 23.1. The highest BCUT2D eigenvalue weighted by Crippen LogP contribution is 2.37. The third-order valence-electron chi connectivity index (χ3n) is 5.63. The maximum Gasteiger partial charge on any atom is 0.323 e. The summed E-state index contributed by atoms with van der Waals surface area (Å²) >= 11 is 3.46. The van der Waals surface area contributed by atoms with Crippen molar-refractivity contribution in [3.05, 3.63) is 40.6 Å². The predicted octanol–water partition coefficient (Wildman–Crippen LogP) is 4.50. The van der Waals surface area contributed by atoms with E-state index in [0.29, 0.717) is 5.84 Å². The number of carbonyl (C=O) groups is 1. The Bertz CT molecular complexity index is 969. The van der Waals surface area contributed by atoms with Crippen LogP contribution in [0.25, 0.3) is 0 Å².